The number of hydrogen-bond donors (Lipinski definition) is 1. The normalized spacial score (nSPS) is 18.0. The number of hydrogen-bond acceptors (Lipinski definition) is 1. The minimum atomic E-state index is 0.787. The van der Waals surface area contributed by atoms with Crippen LogP contribution in [-0.2, 0) is 4.79 Å². The molecular weight excluding hydrogens is 150 g/mol. The Morgan fingerprint density at radius 3 is 2.67 bits per heavy atom. The molecule has 1 aliphatic rings. The molecule has 1 saturated carbocycles. The van der Waals surface area contributed by atoms with Crippen LogP contribution < -0.4 is 5.32 Å². The molecule has 0 spiro atoms. The first-order valence-electron chi connectivity index (χ1n) is 5.10. The fourth-order valence-electron chi connectivity index (χ4n) is 2.02. The molecule has 1 fully saturated rings. The van der Waals surface area contributed by atoms with Crippen LogP contribution in [0.15, 0.2) is 0 Å². The number of rotatable bonds is 6. The van der Waals surface area contributed by atoms with Crippen LogP contribution in [-0.4, -0.2) is 13.0 Å². The average Bonchev–Trinajstić information content (AvgIpc) is 2.57. The van der Waals surface area contributed by atoms with Crippen molar-refractivity contribution in [3.8, 4) is 0 Å². The summed E-state index contributed by atoms with van der Waals surface area (Å²) < 4.78 is 0. The molecule has 0 radical (unpaired) electrons. The van der Waals surface area contributed by atoms with Crippen molar-refractivity contribution < 1.29 is 4.79 Å². The number of carbonyl (C=O) groups excluding carboxylic acids is 1. The summed E-state index contributed by atoms with van der Waals surface area (Å²) in [7, 11) is 0. The third-order valence-electron chi connectivity index (χ3n) is 2.74. The van der Waals surface area contributed by atoms with E-state index in [1.165, 1.54) is 38.5 Å². The smallest absolute Gasteiger partial charge is 0.207 e. The van der Waals surface area contributed by atoms with E-state index in [1.807, 2.05) is 0 Å². The van der Waals surface area contributed by atoms with E-state index in [1.54, 1.807) is 0 Å². The van der Waals surface area contributed by atoms with Crippen molar-refractivity contribution in [3.05, 3.63) is 0 Å². The largest absolute Gasteiger partial charge is 0.359 e. The Kier molecular flexibility index (Phi) is 4.81. The van der Waals surface area contributed by atoms with Gasteiger partial charge in [0.2, 0.25) is 6.41 Å². The molecule has 0 aromatic rings. The molecule has 0 heterocycles. The van der Waals surface area contributed by atoms with E-state index in [4.69, 9.17) is 0 Å². The van der Waals surface area contributed by atoms with Gasteiger partial charge in [-0.1, -0.05) is 38.5 Å². The van der Waals surface area contributed by atoms with Crippen molar-refractivity contribution >= 4 is 6.41 Å². The molecule has 0 bridgehead atoms. The lowest BCUT2D eigenvalue weighted by molar-refractivity contribution is -0.109. The summed E-state index contributed by atoms with van der Waals surface area (Å²) in [6.07, 6.45) is 10.4. The second-order valence-corrected chi connectivity index (χ2v) is 3.72. The molecule has 1 rings (SSSR count). The number of unbranched alkanes of at least 4 members (excludes halogenated alkanes) is 1. The SMILES string of the molecule is O=CNCCCCC1CCCC1. The molecule has 2 heteroatoms. The first-order chi connectivity index (χ1) is 5.93. The molecule has 0 atom stereocenters. The van der Waals surface area contributed by atoms with E-state index >= 15 is 0 Å². The summed E-state index contributed by atoms with van der Waals surface area (Å²) in [5, 5.41) is 2.69. The molecule has 0 aromatic heterocycles. The highest BCUT2D eigenvalue weighted by Crippen LogP contribution is 2.28. The first-order valence-corrected chi connectivity index (χ1v) is 5.10. The third kappa shape index (κ3) is 3.74. The van der Waals surface area contributed by atoms with Crippen molar-refractivity contribution in [1.29, 1.82) is 0 Å². The molecule has 0 saturated heterocycles. The van der Waals surface area contributed by atoms with Gasteiger partial charge in [-0.15, -0.1) is 0 Å². The summed E-state index contributed by atoms with van der Waals surface area (Å²) in [5.41, 5.74) is 0. The Balaban J connectivity index is 1.84. The lowest BCUT2D eigenvalue weighted by atomic mass is 10.0. The van der Waals surface area contributed by atoms with Crippen molar-refractivity contribution in [2.45, 2.75) is 44.9 Å². The summed E-state index contributed by atoms with van der Waals surface area (Å²) in [6.45, 7) is 0.857. The number of carbonyl (C=O) groups is 1. The van der Waals surface area contributed by atoms with Crippen LogP contribution in [0.1, 0.15) is 44.9 Å². The highest BCUT2D eigenvalue weighted by molar-refractivity contribution is 5.45. The summed E-state index contributed by atoms with van der Waals surface area (Å²) in [5.74, 6) is 1.00. The zero-order valence-electron chi connectivity index (χ0n) is 7.72. The summed E-state index contributed by atoms with van der Waals surface area (Å²) in [6, 6.07) is 0. The zero-order valence-corrected chi connectivity index (χ0v) is 7.72. The fraction of sp³-hybridized carbons (Fsp3) is 0.900. The second-order valence-electron chi connectivity index (χ2n) is 3.72. The summed E-state index contributed by atoms with van der Waals surface area (Å²) >= 11 is 0. The van der Waals surface area contributed by atoms with Gasteiger partial charge in [0, 0.05) is 6.54 Å². The Labute approximate surface area is 74.7 Å². The van der Waals surface area contributed by atoms with E-state index < -0.39 is 0 Å². The van der Waals surface area contributed by atoms with Crippen LogP contribution in [0.25, 0.3) is 0 Å². The van der Waals surface area contributed by atoms with Crippen LogP contribution in [0, 0.1) is 5.92 Å². The quantitative estimate of drug-likeness (QED) is 0.479. The van der Waals surface area contributed by atoms with Gasteiger partial charge in [-0.05, 0) is 12.3 Å². The highest BCUT2D eigenvalue weighted by atomic mass is 16.1. The predicted molar refractivity (Wildman–Crippen MR) is 49.9 cm³/mol. The van der Waals surface area contributed by atoms with Crippen LogP contribution >= 0.6 is 0 Å². The predicted octanol–water partition coefficient (Wildman–Crippen LogP) is 2.09. The molecule has 0 aromatic carbocycles. The number of nitrogens with one attached hydrogen (secondary N) is 1. The van der Waals surface area contributed by atoms with Gasteiger partial charge < -0.3 is 5.32 Å². The lowest BCUT2D eigenvalue weighted by Crippen LogP contribution is -2.12. The Hall–Kier alpha value is -0.530. The molecule has 0 aliphatic heterocycles. The first kappa shape index (κ1) is 9.56. The second kappa shape index (κ2) is 6.04. The van der Waals surface area contributed by atoms with Gasteiger partial charge in [0.1, 0.15) is 0 Å². The van der Waals surface area contributed by atoms with Gasteiger partial charge in [-0.3, -0.25) is 4.79 Å². The minimum absolute atomic E-state index is 0.787. The van der Waals surface area contributed by atoms with E-state index in [2.05, 4.69) is 5.32 Å². The molecule has 2 nitrogen and oxygen atoms in total. The van der Waals surface area contributed by atoms with E-state index in [9.17, 15) is 4.79 Å². The Morgan fingerprint density at radius 2 is 2.00 bits per heavy atom. The van der Waals surface area contributed by atoms with Crippen LogP contribution in [0.4, 0.5) is 0 Å². The molecular formula is C10H19NO. The maximum Gasteiger partial charge on any atom is 0.207 e. The third-order valence-corrected chi connectivity index (χ3v) is 2.74. The molecule has 12 heavy (non-hydrogen) atoms. The van der Waals surface area contributed by atoms with Gasteiger partial charge >= 0.3 is 0 Å². The molecule has 70 valence electrons. The Bertz CT molecular complexity index is 119. The van der Waals surface area contributed by atoms with Gasteiger partial charge in [0.25, 0.3) is 0 Å². The van der Waals surface area contributed by atoms with Crippen molar-refractivity contribution in [1.82, 2.24) is 5.32 Å². The number of amides is 1. The van der Waals surface area contributed by atoms with Crippen molar-refractivity contribution in [2.75, 3.05) is 6.54 Å². The van der Waals surface area contributed by atoms with Gasteiger partial charge in [-0.2, -0.15) is 0 Å². The standard InChI is InChI=1S/C10H19NO/c12-9-11-8-4-3-7-10-5-1-2-6-10/h9-10H,1-8H2,(H,11,12). The van der Waals surface area contributed by atoms with Crippen molar-refractivity contribution in [2.24, 2.45) is 5.92 Å². The highest BCUT2D eigenvalue weighted by Gasteiger charge is 2.13. The maximum absolute atomic E-state index is 9.91. The van der Waals surface area contributed by atoms with Crippen LogP contribution in [0.2, 0.25) is 0 Å². The monoisotopic (exact) mass is 169 g/mol. The fourth-order valence-corrected chi connectivity index (χ4v) is 2.02. The summed E-state index contributed by atoms with van der Waals surface area (Å²) in [4.78, 5) is 9.91. The Morgan fingerprint density at radius 1 is 1.25 bits per heavy atom. The lowest BCUT2D eigenvalue weighted by Gasteiger charge is -2.07. The maximum atomic E-state index is 9.91. The molecule has 1 amide bonds. The molecule has 1 N–H and O–H groups in total. The van der Waals surface area contributed by atoms with Crippen LogP contribution in [0.3, 0.4) is 0 Å². The van der Waals surface area contributed by atoms with E-state index in [0.29, 0.717) is 0 Å². The van der Waals surface area contributed by atoms with Gasteiger partial charge in [0.05, 0.1) is 0 Å². The van der Waals surface area contributed by atoms with Gasteiger partial charge in [-0.25, -0.2) is 0 Å². The van der Waals surface area contributed by atoms with E-state index in [-0.39, 0.29) is 0 Å². The van der Waals surface area contributed by atoms with Crippen LogP contribution in [0.5, 0.6) is 0 Å². The van der Waals surface area contributed by atoms with Gasteiger partial charge in [0.15, 0.2) is 0 Å². The zero-order chi connectivity index (χ0) is 8.65. The van der Waals surface area contributed by atoms with Crippen molar-refractivity contribution in [3.63, 3.8) is 0 Å². The minimum Gasteiger partial charge on any atom is -0.359 e. The molecule has 0 unspecified atom stereocenters. The van der Waals surface area contributed by atoms with E-state index in [0.717, 1.165) is 25.3 Å². The topological polar surface area (TPSA) is 29.1 Å². The molecule has 1 aliphatic carbocycles. The average molecular weight is 169 g/mol.